The summed E-state index contributed by atoms with van der Waals surface area (Å²) in [6.45, 7) is 5.01. The van der Waals surface area contributed by atoms with Gasteiger partial charge in [0.15, 0.2) is 0 Å². The zero-order chi connectivity index (χ0) is 14.3. The third kappa shape index (κ3) is 5.41. The molecule has 2 fully saturated rings. The number of hydrogen-bond donors (Lipinski definition) is 0. The van der Waals surface area contributed by atoms with Crippen LogP contribution < -0.4 is 0 Å². The van der Waals surface area contributed by atoms with Crippen LogP contribution in [0.15, 0.2) is 0 Å². The molecule has 0 spiro atoms. The molecular weight excluding hydrogens is 240 g/mol. The van der Waals surface area contributed by atoms with E-state index in [9.17, 15) is 0 Å². The third-order valence-electron chi connectivity index (χ3n) is 6.15. The molecule has 0 aromatic heterocycles. The molecule has 0 saturated heterocycles. The molecule has 0 aromatic rings. The van der Waals surface area contributed by atoms with Gasteiger partial charge in [-0.2, -0.15) is 0 Å². The molecule has 20 heavy (non-hydrogen) atoms. The molecule has 2 rings (SSSR count). The van der Waals surface area contributed by atoms with Gasteiger partial charge >= 0.3 is 0 Å². The Morgan fingerprint density at radius 2 is 1.20 bits per heavy atom. The van der Waals surface area contributed by atoms with Crippen molar-refractivity contribution in [3.05, 3.63) is 0 Å². The Labute approximate surface area is 128 Å². The minimum atomic E-state index is 0.667. The van der Waals surface area contributed by atoms with E-state index in [1.807, 2.05) is 0 Å². The van der Waals surface area contributed by atoms with Gasteiger partial charge in [-0.15, -0.1) is 0 Å². The highest BCUT2D eigenvalue weighted by Gasteiger charge is 2.31. The van der Waals surface area contributed by atoms with Gasteiger partial charge in [0.1, 0.15) is 0 Å². The van der Waals surface area contributed by atoms with Crippen LogP contribution in [0.25, 0.3) is 0 Å². The molecule has 0 nitrogen and oxygen atoms in total. The smallest absolute Gasteiger partial charge is 0.0321 e. The van der Waals surface area contributed by atoms with Gasteiger partial charge in [0, 0.05) is 0 Å². The van der Waals surface area contributed by atoms with Gasteiger partial charge < -0.3 is 0 Å². The van der Waals surface area contributed by atoms with Gasteiger partial charge in [-0.3, -0.25) is 0 Å². The molecule has 0 radical (unpaired) electrons. The molecule has 0 heteroatoms. The Balaban J connectivity index is 1.88. The molecule has 0 heterocycles. The Morgan fingerprint density at radius 3 is 1.60 bits per heavy atom. The third-order valence-corrected chi connectivity index (χ3v) is 6.15. The van der Waals surface area contributed by atoms with Gasteiger partial charge in [-0.25, -0.2) is 0 Å². The maximum atomic E-state index is 2.64. The van der Waals surface area contributed by atoms with Gasteiger partial charge in [0.2, 0.25) is 0 Å². The molecular formula is C20H38. The summed E-state index contributed by atoms with van der Waals surface area (Å²) in [7, 11) is 0. The van der Waals surface area contributed by atoms with Crippen molar-refractivity contribution in [2.75, 3.05) is 0 Å². The van der Waals surface area contributed by atoms with Crippen LogP contribution in [0.1, 0.15) is 110 Å². The minimum absolute atomic E-state index is 0.667. The topological polar surface area (TPSA) is 0 Å². The lowest BCUT2D eigenvalue weighted by molar-refractivity contribution is 0.131. The van der Waals surface area contributed by atoms with E-state index in [4.69, 9.17) is 0 Å². The summed E-state index contributed by atoms with van der Waals surface area (Å²) in [5, 5.41) is 0. The predicted molar refractivity (Wildman–Crippen MR) is 90.0 cm³/mol. The average Bonchev–Trinajstić information content (AvgIpc) is 2.47. The summed E-state index contributed by atoms with van der Waals surface area (Å²) in [6, 6.07) is 0. The number of rotatable bonds is 7. The maximum Gasteiger partial charge on any atom is -0.0321 e. The van der Waals surface area contributed by atoms with E-state index >= 15 is 0 Å². The van der Waals surface area contributed by atoms with E-state index in [0.29, 0.717) is 5.41 Å². The highest BCUT2D eigenvalue weighted by Crippen LogP contribution is 2.44. The fourth-order valence-corrected chi connectivity index (χ4v) is 5.07. The lowest BCUT2D eigenvalue weighted by Crippen LogP contribution is -2.26. The molecule has 2 saturated carbocycles. The van der Waals surface area contributed by atoms with E-state index in [-0.39, 0.29) is 0 Å². The zero-order valence-corrected chi connectivity index (χ0v) is 14.3. The molecule has 0 atom stereocenters. The normalized spacial score (nSPS) is 23.1. The van der Waals surface area contributed by atoms with Crippen LogP contribution in [-0.4, -0.2) is 0 Å². The second-order valence-electron chi connectivity index (χ2n) is 8.33. The summed E-state index contributed by atoms with van der Waals surface area (Å²) in [6.07, 6.45) is 22.6. The summed E-state index contributed by atoms with van der Waals surface area (Å²) in [5.41, 5.74) is 0.667. The van der Waals surface area contributed by atoms with Crippen molar-refractivity contribution in [1.29, 1.82) is 0 Å². The Hall–Kier alpha value is 0. The van der Waals surface area contributed by atoms with Crippen LogP contribution in [0.4, 0.5) is 0 Å². The van der Waals surface area contributed by atoms with Crippen molar-refractivity contribution in [3.63, 3.8) is 0 Å². The quantitative estimate of drug-likeness (QED) is 0.465. The fourth-order valence-electron chi connectivity index (χ4n) is 5.07. The number of hydrogen-bond acceptors (Lipinski definition) is 0. The standard InChI is InChI=1S/C20H38/c1-3-4-15-20(2,16-18-11-7-5-8-12-18)17-19-13-9-6-10-14-19/h18-19H,3-17H2,1-2H3. The molecule has 118 valence electrons. The van der Waals surface area contributed by atoms with E-state index in [1.54, 1.807) is 12.8 Å². The molecule has 2 aliphatic rings. The molecule has 0 aromatic carbocycles. The molecule has 2 aliphatic carbocycles. The zero-order valence-electron chi connectivity index (χ0n) is 14.3. The van der Waals surface area contributed by atoms with Crippen molar-refractivity contribution < 1.29 is 0 Å². The monoisotopic (exact) mass is 278 g/mol. The van der Waals surface area contributed by atoms with Crippen molar-refractivity contribution in [1.82, 2.24) is 0 Å². The lowest BCUT2D eigenvalue weighted by atomic mass is 9.67. The Bertz CT molecular complexity index is 223. The second-order valence-corrected chi connectivity index (χ2v) is 8.33. The van der Waals surface area contributed by atoms with Crippen molar-refractivity contribution in [2.45, 2.75) is 110 Å². The first-order valence-electron chi connectivity index (χ1n) is 9.72. The van der Waals surface area contributed by atoms with Gasteiger partial charge in [-0.05, 0) is 36.5 Å². The first-order chi connectivity index (χ1) is 9.72. The van der Waals surface area contributed by atoms with Gasteiger partial charge in [-0.1, -0.05) is 90.9 Å². The van der Waals surface area contributed by atoms with E-state index in [1.165, 1.54) is 83.5 Å². The van der Waals surface area contributed by atoms with Gasteiger partial charge in [0.05, 0.1) is 0 Å². The summed E-state index contributed by atoms with van der Waals surface area (Å²) in [4.78, 5) is 0. The molecule has 0 amide bonds. The van der Waals surface area contributed by atoms with Crippen molar-refractivity contribution in [3.8, 4) is 0 Å². The maximum absolute atomic E-state index is 2.64. The van der Waals surface area contributed by atoms with Crippen molar-refractivity contribution in [2.24, 2.45) is 17.3 Å². The van der Waals surface area contributed by atoms with Crippen LogP contribution >= 0.6 is 0 Å². The first kappa shape index (κ1) is 16.4. The second kappa shape index (κ2) is 8.44. The molecule has 0 aliphatic heterocycles. The Kier molecular flexibility index (Phi) is 6.91. The van der Waals surface area contributed by atoms with Gasteiger partial charge in [0.25, 0.3) is 0 Å². The van der Waals surface area contributed by atoms with Crippen LogP contribution in [0, 0.1) is 17.3 Å². The van der Waals surface area contributed by atoms with E-state index in [2.05, 4.69) is 13.8 Å². The number of unbranched alkanes of at least 4 members (excludes halogenated alkanes) is 1. The molecule has 0 bridgehead atoms. The first-order valence-corrected chi connectivity index (χ1v) is 9.72. The van der Waals surface area contributed by atoms with Crippen LogP contribution in [-0.2, 0) is 0 Å². The molecule has 0 N–H and O–H groups in total. The summed E-state index contributed by atoms with van der Waals surface area (Å²) < 4.78 is 0. The van der Waals surface area contributed by atoms with Crippen LogP contribution in [0.3, 0.4) is 0 Å². The largest absolute Gasteiger partial charge is 0.0654 e. The highest BCUT2D eigenvalue weighted by molar-refractivity contribution is 4.83. The average molecular weight is 279 g/mol. The molecule has 0 unspecified atom stereocenters. The highest BCUT2D eigenvalue weighted by atomic mass is 14.4. The Morgan fingerprint density at radius 1 is 0.750 bits per heavy atom. The fraction of sp³-hybridized carbons (Fsp3) is 1.00. The predicted octanol–water partition coefficient (Wildman–Crippen LogP) is 7.12. The minimum Gasteiger partial charge on any atom is -0.0654 e. The van der Waals surface area contributed by atoms with Crippen LogP contribution in [0.5, 0.6) is 0 Å². The summed E-state index contributed by atoms with van der Waals surface area (Å²) in [5.74, 6) is 2.13. The SMILES string of the molecule is CCCCC(C)(CC1CCCCC1)CC1CCCCC1. The lowest BCUT2D eigenvalue weighted by Gasteiger charge is -2.39. The van der Waals surface area contributed by atoms with E-state index in [0.717, 1.165) is 11.8 Å². The van der Waals surface area contributed by atoms with E-state index < -0.39 is 0 Å². The van der Waals surface area contributed by atoms with Crippen molar-refractivity contribution >= 4 is 0 Å². The van der Waals surface area contributed by atoms with Crippen LogP contribution in [0.2, 0.25) is 0 Å². The summed E-state index contributed by atoms with van der Waals surface area (Å²) >= 11 is 0.